The molecule has 20 heavy (non-hydrogen) atoms. The lowest BCUT2D eigenvalue weighted by molar-refractivity contribution is -0.135. The van der Waals surface area contributed by atoms with Crippen molar-refractivity contribution in [1.82, 2.24) is 4.90 Å². The first-order valence-corrected chi connectivity index (χ1v) is 6.83. The molecule has 1 heterocycles. The predicted octanol–water partition coefficient (Wildman–Crippen LogP) is 1.67. The summed E-state index contributed by atoms with van der Waals surface area (Å²) in [6.07, 6.45) is -0.431. The van der Waals surface area contributed by atoms with E-state index in [-0.39, 0.29) is 18.0 Å². The fourth-order valence-corrected chi connectivity index (χ4v) is 2.34. The number of methoxy groups -OCH3 is 1. The van der Waals surface area contributed by atoms with Crippen LogP contribution in [0.5, 0.6) is 5.75 Å². The van der Waals surface area contributed by atoms with Crippen molar-refractivity contribution in [2.24, 2.45) is 0 Å². The lowest BCUT2D eigenvalue weighted by Gasteiger charge is -2.31. The van der Waals surface area contributed by atoms with E-state index in [4.69, 9.17) is 9.47 Å². The maximum Gasteiger partial charge on any atom is 0.168 e. The molecule has 1 saturated heterocycles. The highest BCUT2D eigenvalue weighted by atomic mass is 19.1. The summed E-state index contributed by atoms with van der Waals surface area (Å²) in [5.41, 5.74) is 0.353. The van der Waals surface area contributed by atoms with Crippen LogP contribution in [0.25, 0.3) is 0 Å². The van der Waals surface area contributed by atoms with Crippen LogP contribution in [0, 0.1) is 5.82 Å². The van der Waals surface area contributed by atoms with Crippen molar-refractivity contribution < 1.29 is 18.7 Å². The summed E-state index contributed by atoms with van der Waals surface area (Å²) in [5.74, 6) is -0.392. The Kier molecular flexibility index (Phi) is 5.09. The van der Waals surface area contributed by atoms with Gasteiger partial charge in [-0.1, -0.05) is 19.1 Å². The van der Waals surface area contributed by atoms with Gasteiger partial charge in [-0.25, -0.2) is 4.39 Å². The van der Waals surface area contributed by atoms with Crippen LogP contribution in [-0.2, 0) is 16.0 Å². The van der Waals surface area contributed by atoms with Crippen molar-refractivity contribution in [2.75, 3.05) is 33.4 Å². The molecule has 2 rings (SSSR count). The molecule has 0 radical (unpaired) electrons. The zero-order valence-corrected chi connectivity index (χ0v) is 11.9. The van der Waals surface area contributed by atoms with Crippen molar-refractivity contribution in [3.63, 3.8) is 0 Å². The van der Waals surface area contributed by atoms with Crippen LogP contribution in [-0.4, -0.2) is 50.1 Å². The largest absolute Gasteiger partial charge is 0.494 e. The lowest BCUT2D eigenvalue weighted by atomic mass is 10.0. The molecule has 1 aliphatic heterocycles. The molecule has 0 amide bonds. The molecule has 1 aliphatic rings. The van der Waals surface area contributed by atoms with E-state index < -0.39 is 11.9 Å². The lowest BCUT2D eigenvalue weighted by Crippen LogP contribution is -2.46. The molecular weight excluding hydrogens is 261 g/mol. The minimum absolute atomic E-state index is 0.0330. The van der Waals surface area contributed by atoms with Gasteiger partial charge in [-0.15, -0.1) is 0 Å². The molecule has 110 valence electrons. The molecule has 0 spiro atoms. The van der Waals surface area contributed by atoms with Gasteiger partial charge in [0.25, 0.3) is 0 Å². The SMILES string of the molecule is CCN1CCOC(C(=O)Cc2cccc(OC)c2F)C1. The van der Waals surface area contributed by atoms with Gasteiger partial charge in [-0.2, -0.15) is 0 Å². The van der Waals surface area contributed by atoms with Crippen molar-refractivity contribution in [1.29, 1.82) is 0 Å². The molecule has 5 heteroatoms. The molecule has 4 nitrogen and oxygen atoms in total. The number of halogens is 1. The van der Waals surface area contributed by atoms with Gasteiger partial charge in [0.05, 0.1) is 13.7 Å². The Bertz CT molecular complexity index is 478. The number of hydrogen-bond donors (Lipinski definition) is 0. The standard InChI is InChI=1S/C15H20FNO3/c1-3-17-7-8-20-14(10-17)12(18)9-11-5-4-6-13(19-2)15(11)16/h4-6,14H,3,7-10H2,1-2H3. The summed E-state index contributed by atoms with van der Waals surface area (Å²) >= 11 is 0. The highest BCUT2D eigenvalue weighted by Gasteiger charge is 2.26. The molecule has 1 aromatic rings. The monoisotopic (exact) mass is 281 g/mol. The Morgan fingerprint density at radius 2 is 2.35 bits per heavy atom. The van der Waals surface area contributed by atoms with E-state index in [0.717, 1.165) is 13.1 Å². The van der Waals surface area contributed by atoms with Gasteiger partial charge in [-0.3, -0.25) is 9.69 Å². The zero-order valence-electron chi connectivity index (χ0n) is 11.9. The third-order valence-corrected chi connectivity index (χ3v) is 3.58. The number of morpholine rings is 1. The van der Waals surface area contributed by atoms with E-state index in [1.165, 1.54) is 7.11 Å². The van der Waals surface area contributed by atoms with Crippen LogP contribution in [0.3, 0.4) is 0 Å². The van der Waals surface area contributed by atoms with E-state index in [2.05, 4.69) is 11.8 Å². The van der Waals surface area contributed by atoms with Gasteiger partial charge in [0.1, 0.15) is 6.10 Å². The highest BCUT2D eigenvalue weighted by molar-refractivity contribution is 5.85. The van der Waals surface area contributed by atoms with Gasteiger partial charge in [0.15, 0.2) is 17.3 Å². The number of benzene rings is 1. The minimum Gasteiger partial charge on any atom is -0.494 e. The van der Waals surface area contributed by atoms with E-state index in [9.17, 15) is 9.18 Å². The van der Waals surface area contributed by atoms with E-state index in [1.807, 2.05) is 0 Å². The molecule has 1 atom stereocenters. The summed E-state index contributed by atoms with van der Waals surface area (Å²) in [6, 6.07) is 4.83. The van der Waals surface area contributed by atoms with E-state index >= 15 is 0 Å². The summed E-state index contributed by atoms with van der Waals surface area (Å²) < 4.78 is 24.4. The summed E-state index contributed by atoms with van der Waals surface area (Å²) in [7, 11) is 1.41. The summed E-state index contributed by atoms with van der Waals surface area (Å²) in [4.78, 5) is 14.4. The normalized spacial score (nSPS) is 19.9. The number of nitrogens with zero attached hydrogens (tertiary/aromatic N) is 1. The Labute approximate surface area is 118 Å². The average molecular weight is 281 g/mol. The highest BCUT2D eigenvalue weighted by Crippen LogP contribution is 2.21. The minimum atomic E-state index is -0.466. The maximum atomic E-state index is 14.0. The Morgan fingerprint density at radius 3 is 3.05 bits per heavy atom. The second-order valence-corrected chi connectivity index (χ2v) is 4.83. The Morgan fingerprint density at radius 1 is 1.55 bits per heavy atom. The number of carbonyl (C=O) groups is 1. The molecule has 0 N–H and O–H groups in total. The predicted molar refractivity (Wildman–Crippen MR) is 73.5 cm³/mol. The van der Waals surface area contributed by atoms with Crippen LogP contribution in [0.1, 0.15) is 12.5 Å². The number of likely N-dealkylation sites (N-methyl/N-ethyl adjacent to an activating group) is 1. The van der Waals surface area contributed by atoms with Gasteiger partial charge in [0, 0.05) is 19.5 Å². The number of hydrogen-bond acceptors (Lipinski definition) is 4. The first-order chi connectivity index (χ1) is 9.65. The fraction of sp³-hybridized carbons (Fsp3) is 0.533. The Hall–Kier alpha value is -1.46. The average Bonchev–Trinajstić information content (AvgIpc) is 2.49. The van der Waals surface area contributed by atoms with Crippen molar-refractivity contribution in [3.05, 3.63) is 29.6 Å². The van der Waals surface area contributed by atoms with Crippen molar-refractivity contribution in [2.45, 2.75) is 19.4 Å². The van der Waals surface area contributed by atoms with E-state index in [1.54, 1.807) is 18.2 Å². The van der Waals surface area contributed by atoms with Gasteiger partial charge in [-0.05, 0) is 18.2 Å². The molecule has 0 aromatic heterocycles. The third kappa shape index (κ3) is 3.35. The van der Waals surface area contributed by atoms with Crippen molar-refractivity contribution in [3.8, 4) is 5.75 Å². The van der Waals surface area contributed by atoms with E-state index in [0.29, 0.717) is 18.7 Å². The Balaban J connectivity index is 2.04. The number of Topliss-reactive ketones (excluding diaryl/α,β-unsaturated/α-hetero) is 1. The van der Waals surface area contributed by atoms with Crippen molar-refractivity contribution >= 4 is 5.78 Å². The first kappa shape index (κ1) is 14.9. The quantitative estimate of drug-likeness (QED) is 0.823. The van der Waals surface area contributed by atoms with Gasteiger partial charge >= 0.3 is 0 Å². The molecule has 1 unspecified atom stereocenters. The summed E-state index contributed by atoms with van der Waals surface area (Å²) in [6.45, 7) is 4.91. The van der Waals surface area contributed by atoms with Crippen LogP contribution in [0.4, 0.5) is 4.39 Å². The zero-order chi connectivity index (χ0) is 14.5. The van der Waals surface area contributed by atoms with Gasteiger partial charge in [0.2, 0.25) is 0 Å². The molecule has 0 bridgehead atoms. The summed E-state index contributed by atoms with van der Waals surface area (Å²) in [5, 5.41) is 0. The maximum absolute atomic E-state index is 14.0. The second-order valence-electron chi connectivity index (χ2n) is 4.83. The van der Waals surface area contributed by atoms with Crippen LogP contribution >= 0.6 is 0 Å². The van der Waals surface area contributed by atoms with Gasteiger partial charge < -0.3 is 9.47 Å². The third-order valence-electron chi connectivity index (χ3n) is 3.58. The molecule has 1 fully saturated rings. The smallest absolute Gasteiger partial charge is 0.168 e. The van der Waals surface area contributed by atoms with Crippen LogP contribution in [0.2, 0.25) is 0 Å². The number of carbonyl (C=O) groups excluding carboxylic acids is 1. The molecule has 1 aromatic carbocycles. The molecule has 0 aliphatic carbocycles. The number of ketones is 1. The molecule has 0 saturated carbocycles. The second kappa shape index (κ2) is 6.81. The number of rotatable bonds is 5. The van der Waals surface area contributed by atoms with Crippen LogP contribution in [0.15, 0.2) is 18.2 Å². The number of ether oxygens (including phenoxy) is 2. The fourth-order valence-electron chi connectivity index (χ4n) is 2.34. The topological polar surface area (TPSA) is 38.8 Å². The first-order valence-electron chi connectivity index (χ1n) is 6.83. The molecular formula is C15H20FNO3. The van der Waals surface area contributed by atoms with Crippen LogP contribution < -0.4 is 4.74 Å².